The molecule has 0 radical (unpaired) electrons. The molecule has 140 valence electrons. The van der Waals surface area contributed by atoms with Gasteiger partial charge >= 0.3 is 0 Å². The Balaban J connectivity index is 1.72. The van der Waals surface area contributed by atoms with E-state index in [1.54, 1.807) is 24.3 Å². The Kier molecular flexibility index (Phi) is 7.57. The molecule has 0 aliphatic rings. The second-order valence-electron chi connectivity index (χ2n) is 6.19. The molecule has 0 fully saturated rings. The molecule has 0 aliphatic heterocycles. The van der Waals surface area contributed by atoms with Gasteiger partial charge in [-0.05, 0) is 37.1 Å². The fraction of sp³-hybridized carbons (Fsp3) is 0.174. The van der Waals surface area contributed by atoms with E-state index in [0.29, 0.717) is 42.5 Å². The maximum Gasteiger partial charge on any atom is 0.122 e. The van der Waals surface area contributed by atoms with E-state index >= 15 is 0 Å². The topological polar surface area (TPSA) is 124 Å². The quantitative estimate of drug-likeness (QED) is 0.305. The van der Waals surface area contributed by atoms with E-state index in [1.807, 2.05) is 24.3 Å². The molecule has 0 saturated carbocycles. The summed E-state index contributed by atoms with van der Waals surface area (Å²) in [7, 11) is 0. The molecule has 0 aromatic heterocycles. The predicted molar refractivity (Wildman–Crippen MR) is 115 cm³/mol. The van der Waals surface area contributed by atoms with Crippen molar-refractivity contribution in [3.05, 3.63) is 70.8 Å². The van der Waals surface area contributed by atoms with Crippen LogP contribution in [-0.2, 0) is 0 Å². The van der Waals surface area contributed by atoms with Crippen LogP contribution < -0.4 is 11.5 Å². The zero-order chi connectivity index (χ0) is 20.4. The maximum absolute atomic E-state index is 7.99. The van der Waals surface area contributed by atoms with Crippen LogP contribution in [0.2, 0.25) is 0 Å². The van der Waals surface area contributed by atoms with E-state index in [2.05, 4.69) is 23.7 Å². The van der Waals surface area contributed by atoms with Crippen LogP contribution in [0.3, 0.4) is 0 Å². The lowest BCUT2D eigenvalue weighted by molar-refractivity contribution is 1.01. The number of hydrogen-bond donors (Lipinski definition) is 5. The van der Waals surface area contributed by atoms with Crippen molar-refractivity contribution >= 4 is 17.4 Å². The van der Waals surface area contributed by atoms with Gasteiger partial charge in [-0.25, -0.2) is 0 Å². The van der Waals surface area contributed by atoms with Gasteiger partial charge in [0.2, 0.25) is 0 Å². The molecule has 0 bridgehead atoms. The van der Waals surface area contributed by atoms with Crippen molar-refractivity contribution in [2.24, 2.45) is 11.5 Å². The number of nitrogens with two attached hydrogens (primary N) is 2. The second kappa shape index (κ2) is 10.4. The average Bonchev–Trinajstić information content (AvgIpc) is 2.69. The van der Waals surface area contributed by atoms with Crippen molar-refractivity contribution in [1.29, 1.82) is 16.2 Å². The summed E-state index contributed by atoms with van der Waals surface area (Å²) in [6, 6.07) is 14.5. The van der Waals surface area contributed by atoms with Crippen molar-refractivity contribution in [2.75, 3.05) is 0 Å². The summed E-state index contributed by atoms with van der Waals surface area (Å²) < 4.78 is 0. The second-order valence-corrected chi connectivity index (χ2v) is 6.19. The molecule has 2 rings (SSSR count). The molecule has 0 aliphatic carbocycles. The molecule has 0 heterocycles. The summed E-state index contributed by atoms with van der Waals surface area (Å²) in [6.45, 7) is 0. The maximum atomic E-state index is 7.99. The van der Waals surface area contributed by atoms with Gasteiger partial charge in [0.1, 0.15) is 11.7 Å². The number of benzene rings is 2. The van der Waals surface area contributed by atoms with Crippen LogP contribution >= 0.6 is 0 Å². The normalized spacial score (nSPS) is 9.43. The van der Waals surface area contributed by atoms with Crippen LogP contribution in [0.1, 0.15) is 47.9 Å². The van der Waals surface area contributed by atoms with Crippen LogP contribution in [0, 0.1) is 39.9 Å². The first-order valence-electron chi connectivity index (χ1n) is 8.88. The van der Waals surface area contributed by atoms with E-state index in [1.165, 1.54) is 0 Å². The van der Waals surface area contributed by atoms with Crippen LogP contribution in [-0.4, -0.2) is 17.4 Å². The first-order valence-corrected chi connectivity index (χ1v) is 8.88. The number of hydrogen-bond acceptors (Lipinski definition) is 3. The highest BCUT2D eigenvalue weighted by Gasteiger charge is 1.97. The highest BCUT2D eigenvalue weighted by molar-refractivity contribution is 5.95. The first-order chi connectivity index (χ1) is 13.5. The smallest absolute Gasteiger partial charge is 0.122 e. The summed E-state index contributed by atoms with van der Waals surface area (Å²) >= 11 is 0. The fourth-order valence-corrected chi connectivity index (χ4v) is 2.35. The number of nitrogens with one attached hydrogen (secondary N) is 3. The van der Waals surface area contributed by atoms with Gasteiger partial charge in [0.25, 0.3) is 0 Å². The summed E-state index contributed by atoms with van der Waals surface area (Å²) in [4.78, 5) is 0. The van der Waals surface area contributed by atoms with Crippen molar-refractivity contribution in [3.8, 4) is 23.7 Å². The molecule has 0 amide bonds. The lowest BCUT2D eigenvalue weighted by Crippen LogP contribution is -2.10. The largest absolute Gasteiger partial charge is 0.384 e. The Bertz CT molecular complexity index is 896. The highest BCUT2D eigenvalue weighted by atomic mass is 14.7. The van der Waals surface area contributed by atoms with Gasteiger partial charge in [0.05, 0.1) is 0 Å². The molecule has 5 heteroatoms. The minimum Gasteiger partial charge on any atom is -0.384 e. The lowest BCUT2D eigenvalue weighted by atomic mass is 10.1. The SMILES string of the molecule is N=C(CCC#Cc1ccc(C(=N)N)cc1)CCC#Cc1ccc(C(=N)N)cc1. The standard InChI is InChI=1S/C23H23N5/c24-21(7-3-1-5-17-9-13-19(14-10-17)22(25)26)8-4-2-6-18-11-15-20(16-12-18)23(27)28/h9-16,24H,3-4,7-8H2,(H3,25,26)(H3,27,28). The van der Waals surface area contributed by atoms with E-state index in [9.17, 15) is 0 Å². The Morgan fingerprint density at radius 2 is 1.00 bits per heavy atom. The van der Waals surface area contributed by atoms with Crippen LogP contribution in [0.25, 0.3) is 0 Å². The molecule has 0 saturated heterocycles. The number of nitrogen functional groups attached to an aromatic ring is 2. The van der Waals surface area contributed by atoms with E-state index in [0.717, 1.165) is 11.1 Å². The van der Waals surface area contributed by atoms with Crippen molar-refractivity contribution in [1.82, 2.24) is 0 Å². The monoisotopic (exact) mass is 369 g/mol. The van der Waals surface area contributed by atoms with Crippen LogP contribution in [0.15, 0.2) is 48.5 Å². The third-order valence-electron chi connectivity index (χ3n) is 3.96. The molecule has 5 nitrogen and oxygen atoms in total. The van der Waals surface area contributed by atoms with Gasteiger partial charge in [-0.1, -0.05) is 47.9 Å². The lowest BCUT2D eigenvalue weighted by Gasteiger charge is -1.98. The van der Waals surface area contributed by atoms with Gasteiger partial charge in [-0.2, -0.15) is 0 Å². The van der Waals surface area contributed by atoms with E-state index < -0.39 is 0 Å². The van der Waals surface area contributed by atoms with Crippen molar-refractivity contribution in [2.45, 2.75) is 25.7 Å². The molecule has 0 spiro atoms. The molecule has 0 unspecified atom stereocenters. The fourth-order valence-electron chi connectivity index (χ4n) is 2.35. The first kappa shape index (κ1) is 20.5. The van der Waals surface area contributed by atoms with Gasteiger partial charge in [-0.3, -0.25) is 10.8 Å². The van der Waals surface area contributed by atoms with Gasteiger partial charge in [0.15, 0.2) is 0 Å². The molecule has 2 aromatic carbocycles. The number of rotatable bonds is 6. The zero-order valence-corrected chi connectivity index (χ0v) is 15.6. The summed E-state index contributed by atoms with van der Waals surface area (Å²) in [5.41, 5.74) is 14.6. The molecule has 7 N–H and O–H groups in total. The predicted octanol–water partition coefficient (Wildman–Crippen LogP) is 3.24. The summed E-state index contributed by atoms with van der Waals surface area (Å²) in [6.07, 6.45) is 2.53. The Morgan fingerprint density at radius 3 is 1.32 bits per heavy atom. The highest BCUT2D eigenvalue weighted by Crippen LogP contribution is 2.04. The molecular weight excluding hydrogens is 346 g/mol. The van der Waals surface area contributed by atoms with Crippen LogP contribution in [0.4, 0.5) is 0 Å². The van der Waals surface area contributed by atoms with E-state index in [-0.39, 0.29) is 11.7 Å². The minimum absolute atomic E-state index is 0.0455. The van der Waals surface area contributed by atoms with Crippen LogP contribution in [0.5, 0.6) is 0 Å². The minimum atomic E-state index is 0.0455. The van der Waals surface area contributed by atoms with Gasteiger partial charge < -0.3 is 16.9 Å². The molecule has 0 atom stereocenters. The Labute approximate surface area is 165 Å². The third-order valence-corrected chi connectivity index (χ3v) is 3.96. The average molecular weight is 369 g/mol. The van der Waals surface area contributed by atoms with E-state index in [4.69, 9.17) is 27.7 Å². The third kappa shape index (κ3) is 6.82. The Hall–Kier alpha value is -3.83. The molecule has 28 heavy (non-hydrogen) atoms. The zero-order valence-electron chi connectivity index (χ0n) is 15.6. The van der Waals surface area contributed by atoms with Gasteiger partial charge in [0, 0.05) is 40.8 Å². The van der Waals surface area contributed by atoms with Crippen molar-refractivity contribution in [3.63, 3.8) is 0 Å². The van der Waals surface area contributed by atoms with Crippen molar-refractivity contribution < 1.29 is 0 Å². The molecular formula is C23H23N5. The molecule has 2 aromatic rings. The van der Waals surface area contributed by atoms with Gasteiger partial charge in [-0.15, -0.1) is 0 Å². The Morgan fingerprint density at radius 1 is 0.643 bits per heavy atom. The summed E-state index contributed by atoms with van der Waals surface area (Å²) in [5.74, 6) is 12.4. The summed E-state index contributed by atoms with van der Waals surface area (Å²) in [5, 5.41) is 22.7. The number of amidine groups is 2.